The fourth-order valence-corrected chi connectivity index (χ4v) is 4.40. The van der Waals surface area contributed by atoms with Crippen molar-refractivity contribution in [3.63, 3.8) is 0 Å². The Morgan fingerprint density at radius 2 is 2.03 bits per heavy atom. The van der Waals surface area contributed by atoms with Crippen LogP contribution in [0.3, 0.4) is 0 Å². The lowest BCUT2D eigenvalue weighted by Gasteiger charge is -2.36. The summed E-state index contributed by atoms with van der Waals surface area (Å²) in [4.78, 5) is 26.8. The Bertz CT molecular complexity index is 696. The zero-order chi connectivity index (χ0) is 22.1. The van der Waals surface area contributed by atoms with Crippen molar-refractivity contribution in [3.8, 4) is 0 Å². The lowest BCUT2D eigenvalue weighted by Crippen LogP contribution is -2.48. The molecule has 2 heterocycles. The zero-order valence-electron chi connectivity index (χ0n) is 19.9. The van der Waals surface area contributed by atoms with Crippen LogP contribution in [-0.2, 0) is 17.6 Å². The summed E-state index contributed by atoms with van der Waals surface area (Å²) in [6.07, 6.45) is 5.83. The maximum Gasteiger partial charge on any atom is 0.410 e. The number of carbonyl (C=O) groups is 1. The molecule has 9 heteroatoms. The van der Waals surface area contributed by atoms with Crippen molar-refractivity contribution in [2.75, 3.05) is 39.8 Å². The topological polar surface area (TPSA) is 70.1 Å². The van der Waals surface area contributed by atoms with E-state index < -0.39 is 5.60 Å². The first-order valence-electron chi connectivity index (χ1n) is 11.1. The van der Waals surface area contributed by atoms with E-state index >= 15 is 0 Å². The summed E-state index contributed by atoms with van der Waals surface area (Å²) in [6.45, 7) is 14.1. The fraction of sp³-hybridized carbons (Fsp3) is 0.773. The predicted octanol–water partition coefficient (Wildman–Crippen LogP) is 4.41. The van der Waals surface area contributed by atoms with Crippen molar-refractivity contribution in [2.45, 2.75) is 65.9 Å². The molecule has 31 heavy (non-hydrogen) atoms. The third-order valence-electron chi connectivity index (χ3n) is 5.21. The van der Waals surface area contributed by atoms with Gasteiger partial charge in [-0.05, 0) is 52.9 Å². The van der Waals surface area contributed by atoms with Crippen LogP contribution in [0.5, 0.6) is 0 Å². The molecule has 1 amide bonds. The van der Waals surface area contributed by atoms with Crippen molar-refractivity contribution < 1.29 is 9.53 Å². The summed E-state index contributed by atoms with van der Waals surface area (Å²) in [7, 11) is 1.84. The molecule has 1 aromatic heterocycles. The Kier molecular flexibility index (Phi) is 12.1. The fourth-order valence-electron chi connectivity index (χ4n) is 3.54. The molecule has 0 bridgehead atoms. The summed E-state index contributed by atoms with van der Waals surface area (Å²) < 4.78 is 5.54. The van der Waals surface area contributed by atoms with E-state index in [1.54, 1.807) is 11.3 Å². The minimum absolute atomic E-state index is 0. The number of aryl methyl sites for hydroxylation is 1. The average molecular weight is 566 g/mol. The van der Waals surface area contributed by atoms with Crippen LogP contribution in [0.2, 0.25) is 0 Å². The third kappa shape index (κ3) is 9.51. The maximum atomic E-state index is 12.4. The molecule has 0 aliphatic carbocycles. The Morgan fingerprint density at radius 3 is 2.55 bits per heavy atom. The van der Waals surface area contributed by atoms with E-state index in [1.807, 2.05) is 45.8 Å². The number of ether oxygens (including phenoxy) is 1. The standard InChI is InChI=1S/C22H39N5O2S.HI/c1-7-18-15-25-19(30-18)9-12-24-20(23-6)27-13-10-17(11-14-27)16-26(8-2)21(28)29-22(3,4)5;/h15,17H,7-14,16H2,1-6H3,(H,23,24);1H. The number of hydrogen-bond acceptors (Lipinski definition) is 5. The number of piperidine rings is 1. The highest BCUT2D eigenvalue weighted by Gasteiger charge is 2.27. The molecule has 1 aliphatic rings. The van der Waals surface area contributed by atoms with E-state index in [9.17, 15) is 4.79 Å². The van der Waals surface area contributed by atoms with Crippen LogP contribution in [0.25, 0.3) is 0 Å². The van der Waals surface area contributed by atoms with Crippen molar-refractivity contribution >= 4 is 47.4 Å². The van der Waals surface area contributed by atoms with E-state index in [2.05, 4.69) is 27.1 Å². The SMILES string of the molecule is CCc1cnc(CCNC(=NC)N2CCC(CN(CC)C(=O)OC(C)(C)C)CC2)s1.I. The lowest BCUT2D eigenvalue weighted by molar-refractivity contribution is 0.0214. The highest BCUT2D eigenvalue weighted by molar-refractivity contribution is 14.0. The lowest BCUT2D eigenvalue weighted by atomic mass is 9.96. The quantitative estimate of drug-likeness (QED) is 0.302. The van der Waals surface area contributed by atoms with E-state index in [-0.39, 0.29) is 30.1 Å². The van der Waals surface area contributed by atoms with Gasteiger partial charge in [-0.25, -0.2) is 9.78 Å². The van der Waals surface area contributed by atoms with Crippen molar-refractivity contribution in [1.82, 2.24) is 20.1 Å². The number of likely N-dealkylation sites (tertiary alicyclic amines) is 1. The first kappa shape index (κ1) is 27.9. The number of nitrogens with one attached hydrogen (secondary N) is 1. The van der Waals surface area contributed by atoms with E-state index in [0.29, 0.717) is 12.5 Å². The molecule has 1 saturated heterocycles. The largest absolute Gasteiger partial charge is 0.444 e. The second kappa shape index (κ2) is 13.4. The number of amides is 1. The van der Waals surface area contributed by atoms with Crippen LogP contribution in [0.4, 0.5) is 4.79 Å². The molecule has 1 N–H and O–H groups in total. The zero-order valence-corrected chi connectivity index (χ0v) is 23.1. The molecule has 0 aromatic carbocycles. The Labute approximate surface area is 209 Å². The molecule has 1 fully saturated rings. The number of aromatic nitrogens is 1. The molecule has 2 rings (SSSR count). The number of aliphatic imine (C=N–C) groups is 1. The Hall–Kier alpha value is -1.10. The van der Waals surface area contributed by atoms with Gasteiger partial charge in [0.1, 0.15) is 5.60 Å². The van der Waals surface area contributed by atoms with Crippen LogP contribution < -0.4 is 5.32 Å². The van der Waals surface area contributed by atoms with Crippen molar-refractivity contribution in [3.05, 3.63) is 16.1 Å². The minimum atomic E-state index is -0.456. The van der Waals surface area contributed by atoms with Gasteiger partial charge in [-0.15, -0.1) is 35.3 Å². The smallest absolute Gasteiger partial charge is 0.410 e. The number of nitrogens with zero attached hydrogens (tertiary/aromatic N) is 4. The minimum Gasteiger partial charge on any atom is -0.444 e. The molecule has 0 unspecified atom stereocenters. The van der Waals surface area contributed by atoms with E-state index in [4.69, 9.17) is 4.74 Å². The number of carbonyl (C=O) groups excluding carboxylic acids is 1. The van der Waals surface area contributed by atoms with E-state index in [0.717, 1.165) is 57.8 Å². The maximum absolute atomic E-state index is 12.4. The predicted molar refractivity (Wildman–Crippen MR) is 140 cm³/mol. The molecular formula is C22H40IN5O2S. The summed E-state index contributed by atoms with van der Waals surface area (Å²) in [5.74, 6) is 1.45. The van der Waals surface area contributed by atoms with Gasteiger partial charge in [0.05, 0.1) is 5.01 Å². The van der Waals surface area contributed by atoms with Gasteiger partial charge >= 0.3 is 6.09 Å². The molecular weight excluding hydrogens is 525 g/mol. The second-order valence-corrected chi connectivity index (χ2v) is 9.95. The first-order valence-corrected chi connectivity index (χ1v) is 11.9. The highest BCUT2D eigenvalue weighted by Crippen LogP contribution is 2.20. The Morgan fingerprint density at radius 1 is 1.35 bits per heavy atom. The van der Waals surface area contributed by atoms with Crippen LogP contribution >= 0.6 is 35.3 Å². The highest BCUT2D eigenvalue weighted by atomic mass is 127. The molecule has 0 spiro atoms. The van der Waals surface area contributed by atoms with Crippen LogP contribution in [0.1, 0.15) is 57.3 Å². The summed E-state index contributed by atoms with van der Waals surface area (Å²) in [5, 5.41) is 4.66. The molecule has 0 radical (unpaired) electrons. The summed E-state index contributed by atoms with van der Waals surface area (Å²) in [5.41, 5.74) is -0.456. The van der Waals surface area contributed by atoms with Crippen LogP contribution in [0.15, 0.2) is 11.2 Å². The Balaban J connectivity index is 0.00000480. The van der Waals surface area contributed by atoms with Gasteiger partial charge in [-0.2, -0.15) is 0 Å². The number of halogens is 1. The number of guanidine groups is 1. The first-order chi connectivity index (χ1) is 14.3. The van der Waals surface area contributed by atoms with E-state index in [1.165, 1.54) is 9.88 Å². The van der Waals surface area contributed by atoms with Crippen LogP contribution in [0, 0.1) is 5.92 Å². The summed E-state index contributed by atoms with van der Waals surface area (Å²) >= 11 is 1.79. The van der Waals surface area contributed by atoms with Gasteiger partial charge in [-0.3, -0.25) is 4.99 Å². The molecule has 1 aliphatic heterocycles. The van der Waals surface area contributed by atoms with Gasteiger partial charge in [-0.1, -0.05) is 6.92 Å². The average Bonchev–Trinajstić information content (AvgIpc) is 3.16. The summed E-state index contributed by atoms with van der Waals surface area (Å²) in [6, 6.07) is 0. The van der Waals surface area contributed by atoms with Gasteiger partial charge in [0.2, 0.25) is 0 Å². The number of thiazole rings is 1. The molecule has 1 aromatic rings. The normalized spacial score (nSPS) is 15.4. The van der Waals surface area contributed by atoms with Gasteiger partial charge in [0.25, 0.3) is 0 Å². The van der Waals surface area contributed by atoms with Crippen molar-refractivity contribution in [1.29, 1.82) is 0 Å². The molecule has 0 atom stereocenters. The number of rotatable bonds is 7. The van der Waals surface area contributed by atoms with Gasteiger partial charge in [0, 0.05) is 57.3 Å². The van der Waals surface area contributed by atoms with Crippen molar-refractivity contribution in [2.24, 2.45) is 10.9 Å². The van der Waals surface area contributed by atoms with Crippen LogP contribution in [-0.4, -0.2) is 72.2 Å². The monoisotopic (exact) mass is 565 g/mol. The third-order valence-corrected chi connectivity index (χ3v) is 6.41. The van der Waals surface area contributed by atoms with Gasteiger partial charge in [0.15, 0.2) is 5.96 Å². The molecule has 178 valence electrons. The molecule has 0 saturated carbocycles. The number of hydrogen-bond donors (Lipinski definition) is 1. The second-order valence-electron chi connectivity index (χ2n) is 8.75. The molecule has 7 nitrogen and oxygen atoms in total. The van der Waals surface area contributed by atoms with Gasteiger partial charge < -0.3 is 19.9 Å².